The maximum Gasteiger partial charge on any atom is 0.224 e. The summed E-state index contributed by atoms with van der Waals surface area (Å²) >= 11 is 5.90. The monoisotopic (exact) mass is 311 g/mol. The summed E-state index contributed by atoms with van der Waals surface area (Å²) in [5.74, 6) is -0.703. The van der Waals surface area contributed by atoms with Crippen LogP contribution in [0.3, 0.4) is 0 Å². The highest BCUT2D eigenvalue weighted by atomic mass is 35.5. The summed E-state index contributed by atoms with van der Waals surface area (Å²) < 4.78 is 13.6. The third-order valence-corrected chi connectivity index (χ3v) is 5.15. The molecule has 1 aromatic heterocycles. The van der Waals surface area contributed by atoms with E-state index in [-0.39, 0.29) is 28.3 Å². The lowest BCUT2D eigenvalue weighted by Gasteiger charge is -2.48. The standard InChI is InChI=1S/C15H19ClFN3O/c16-12-8-18-9-13(17)11(12)7-14(21)19-10-15-1-4-20(5-2-15)6-3-15/h8-9H,1-7,10H2,(H,19,21). The van der Waals surface area contributed by atoms with Gasteiger partial charge in [0, 0.05) is 18.3 Å². The second kappa shape index (κ2) is 5.89. The zero-order chi connectivity index (χ0) is 14.9. The van der Waals surface area contributed by atoms with Crippen LogP contribution in [0.2, 0.25) is 5.02 Å². The zero-order valence-corrected chi connectivity index (χ0v) is 12.6. The van der Waals surface area contributed by atoms with Crippen molar-refractivity contribution in [1.29, 1.82) is 0 Å². The Labute approximate surface area is 128 Å². The third kappa shape index (κ3) is 3.19. The Hall–Kier alpha value is -1.20. The number of amides is 1. The van der Waals surface area contributed by atoms with Crippen molar-refractivity contribution in [3.8, 4) is 0 Å². The number of carbonyl (C=O) groups excluding carboxylic acids is 1. The van der Waals surface area contributed by atoms with Crippen LogP contribution < -0.4 is 5.32 Å². The summed E-state index contributed by atoms with van der Waals surface area (Å²) in [7, 11) is 0. The smallest absolute Gasteiger partial charge is 0.224 e. The van der Waals surface area contributed by atoms with Crippen LogP contribution in [0.5, 0.6) is 0 Å². The van der Waals surface area contributed by atoms with E-state index < -0.39 is 5.82 Å². The van der Waals surface area contributed by atoms with Gasteiger partial charge >= 0.3 is 0 Å². The van der Waals surface area contributed by atoms with Crippen LogP contribution >= 0.6 is 11.6 Å². The quantitative estimate of drug-likeness (QED) is 0.925. The van der Waals surface area contributed by atoms with E-state index in [1.807, 2.05) is 0 Å². The molecule has 2 bridgehead atoms. The molecule has 21 heavy (non-hydrogen) atoms. The Bertz CT molecular complexity index is 510. The molecular formula is C15H19ClFN3O. The van der Waals surface area contributed by atoms with E-state index in [1.165, 1.54) is 6.20 Å². The SMILES string of the molecule is O=C(Cc1c(F)cncc1Cl)NCC12CCN(CC1)CC2. The average Bonchev–Trinajstić information content (AvgIpc) is 2.51. The van der Waals surface area contributed by atoms with E-state index in [9.17, 15) is 9.18 Å². The molecule has 0 radical (unpaired) electrons. The topological polar surface area (TPSA) is 45.2 Å². The van der Waals surface area contributed by atoms with Gasteiger partial charge in [-0.25, -0.2) is 4.39 Å². The number of aromatic nitrogens is 1. The first-order chi connectivity index (χ1) is 10.1. The number of halogens is 2. The van der Waals surface area contributed by atoms with Gasteiger partial charge < -0.3 is 10.2 Å². The second-order valence-electron chi connectivity index (χ2n) is 6.13. The third-order valence-electron chi connectivity index (χ3n) is 4.83. The van der Waals surface area contributed by atoms with Crippen molar-refractivity contribution in [1.82, 2.24) is 15.2 Å². The normalized spacial score (nSPS) is 27.6. The molecule has 4 heterocycles. The summed E-state index contributed by atoms with van der Waals surface area (Å²) in [6, 6.07) is 0. The number of hydrogen-bond donors (Lipinski definition) is 1. The first-order valence-electron chi connectivity index (χ1n) is 7.35. The molecule has 0 unspecified atom stereocenters. The van der Waals surface area contributed by atoms with E-state index in [0.717, 1.165) is 45.1 Å². The van der Waals surface area contributed by atoms with Gasteiger partial charge in [-0.15, -0.1) is 0 Å². The van der Waals surface area contributed by atoms with Gasteiger partial charge in [-0.2, -0.15) is 0 Å². The van der Waals surface area contributed by atoms with E-state index in [4.69, 9.17) is 11.6 Å². The van der Waals surface area contributed by atoms with Gasteiger partial charge in [-0.1, -0.05) is 11.6 Å². The maximum atomic E-state index is 13.6. The van der Waals surface area contributed by atoms with Gasteiger partial charge in [-0.3, -0.25) is 9.78 Å². The summed E-state index contributed by atoms with van der Waals surface area (Å²) in [5, 5.41) is 3.17. The lowest BCUT2D eigenvalue weighted by Crippen LogP contribution is -2.52. The Balaban J connectivity index is 1.57. The fraction of sp³-hybridized carbons (Fsp3) is 0.600. The van der Waals surface area contributed by atoms with E-state index in [1.54, 1.807) is 0 Å². The molecule has 3 fully saturated rings. The Morgan fingerprint density at radius 3 is 2.62 bits per heavy atom. The minimum Gasteiger partial charge on any atom is -0.355 e. The minimum atomic E-state index is -0.526. The molecule has 1 N–H and O–H groups in total. The molecule has 0 saturated carbocycles. The van der Waals surface area contributed by atoms with Crippen molar-refractivity contribution in [2.45, 2.75) is 25.7 Å². The highest BCUT2D eigenvalue weighted by Gasteiger charge is 2.39. The molecule has 114 valence electrons. The number of carbonyl (C=O) groups is 1. The van der Waals surface area contributed by atoms with Crippen molar-refractivity contribution >= 4 is 17.5 Å². The predicted molar refractivity (Wildman–Crippen MR) is 78.6 cm³/mol. The van der Waals surface area contributed by atoms with Crippen LogP contribution in [0, 0.1) is 11.2 Å². The minimum absolute atomic E-state index is 0.0323. The zero-order valence-electron chi connectivity index (χ0n) is 11.9. The van der Waals surface area contributed by atoms with Crippen LogP contribution in [0.4, 0.5) is 4.39 Å². The number of pyridine rings is 1. The first kappa shape index (κ1) is 14.7. The van der Waals surface area contributed by atoms with Gasteiger partial charge in [0.2, 0.25) is 5.91 Å². The number of hydrogen-bond acceptors (Lipinski definition) is 3. The van der Waals surface area contributed by atoms with E-state index in [2.05, 4.69) is 15.2 Å². The summed E-state index contributed by atoms with van der Waals surface area (Å²) in [5.41, 5.74) is 0.463. The first-order valence-corrected chi connectivity index (χ1v) is 7.73. The van der Waals surface area contributed by atoms with Crippen LogP contribution in [-0.4, -0.2) is 42.0 Å². The summed E-state index contributed by atoms with van der Waals surface area (Å²) in [4.78, 5) is 18.2. The van der Waals surface area contributed by atoms with Gasteiger partial charge in [-0.05, 0) is 44.3 Å². The fourth-order valence-electron chi connectivity index (χ4n) is 3.28. The summed E-state index contributed by atoms with van der Waals surface area (Å²) in [6.07, 6.45) is 5.83. The molecule has 0 aromatic carbocycles. The number of rotatable bonds is 4. The largest absolute Gasteiger partial charge is 0.355 e. The fourth-order valence-corrected chi connectivity index (χ4v) is 3.49. The lowest BCUT2D eigenvalue weighted by atomic mass is 9.72. The highest BCUT2D eigenvalue weighted by molar-refractivity contribution is 6.31. The molecule has 0 spiro atoms. The second-order valence-corrected chi connectivity index (χ2v) is 6.53. The lowest BCUT2D eigenvalue weighted by molar-refractivity contribution is -0.121. The van der Waals surface area contributed by atoms with Crippen LogP contribution in [0.1, 0.15) is 24.8 Å². The van der Waals surface area contributed by atoms with Gasteiger partial charge in [0.25, 0.3) is 0 Å². The Morgan fingerprint density at radius 2 is 2.00 bits per heavy atom. The molecule has 0 atom stereocenters. The maximum absolute atomic E-state index is 13.6. The molecular weight excluding hydrogens is 293 g/mol. The van der Waals surface area contributed by atoms with Gasteiger partial charge in [0.15, 0.2) is 0 Å². The molecule has 0 aliphatic carbocycles. The van der Waals surface area contributed by atoms with Gasteiger partial charge in [0.1, 0.15) is 5.82 Å². The van der Waals surface area contributed by atoms with Crippen molar-refractivity contribution in [3.63, 3.8) is 0 Å². The number of piperidine rings is 3. The molecule has 3 saturated heterocycles. The predicted octanol–water partition coefficient (Wildman–Crippen LogP) is 2.02. The van der Waals surface area contributed by atoms with Crippen molar-refractivity contribution < 1.29 is 9.18 Å². The summed E-state index contributed by atoms with van der Waals surface area (Å²) in [6.45, 7) is 4.06. The molecule has 3 aliphatic heterocycles. The van der Waals surface area contributed by atoms with E-state index in [0.29, 0.717) is 6.54 Å². The van der Waals surface area contributed by atoms with Crippen molar-refractivity contribution in [2.24, 2.45) is 5.41 Å². The number of nitrogens with one attached hydrogen (secondary N) is 1. The number of fused-ring (bicyclic) bond motifs is 3. The Morgan fingerprint density at radius 1 is 1.33 bits per heavy atom. The van der Waals surface area contributed by atoms with Crippen LogP contribution in [-0.2, 0) is 11.2 Å². The molecule has 3 aliphatic rings. The van der Waals surface area contributed by atoms with Crippen LogP contribution in [0.25, 0.3) is 0 Å². The molecule has 6 heteroatoms. The average molecular weight is 312 g/mol. The highest BCUT2D eigenvalue weighted by Crippen LogP contribution is 2.39. The molecule has 1 amide bonds. The van der Waals surface area contributed by atoms with Crippen molar-refractivity contribution in [2.75, 3.05) is 26.2 Å². The van der Waals surface area contributed by atoms with Crippen LogP contribution in [0.15, 0.2) is 12.4 Å². The number of nitrogens with zero attached hydrogens (tertiary/aromatic N) is 2. The van der Waals surface area contributed by atoms with Crippen molar-refractivity contribution in [3.05, 3.63) is 28.8 Å². The molecule has 4 rings (SSSR count). The van der Waals surface area contributed by atoms with Gasteiger partial charge in [0.05, 0.1) is 17.6 Å². The molecule has 4 nitrogen and oxygen atoms in total. The van der Waals surface area contributed by atoms with E-state index >= 15 is 0 Å². The Kier molecular flexibility index (Phi) is 4.13. The molecule has 1 aromatic rings.